The lowest BCUT2D eigenvalue weighted by atomic mass is 10.3. The summed E-state index contributed by atoms with van der Waals surface area (Å²) >= 11 is 0.781. The number of esters is 1. The number of rotatable bonds is 4. The van der Waals surface area contributed by atoms with Crippen LogP contribution < -0.4 is 0 Å². The number of halogens is 3. The van der Waals surface area contributed by atoms with E-state index in [9.17, 15) is 18.0 Å². The minimum Gasteiger partial charge on any atom is -0.465 e. The van der Waals surface area contributed by atoms with Gasteiger partial charge in [-0.15, -0.1) is 11.3 Å². The van der Waals surface area contributed by atoms with Crippen molar-refractivity contribution in [3.8, 4) is 0 Å². The number of carbonyl (C=O) groups is 1. The molecular formula is C9H10F3NO2S2. The molecule has 1 aromatic heterocycles. The summed E-state index contributed by atoms with van der Waals surface area (Å²) in [6.45, 7) is 3.24. The molecule has 0 N–H and O–H groups in total. The summed E-state index contributed by atoms with van der Waals surface area (Å²) < 4.78 is 41.6. The van der Waals surface area contributed by atoms with Crippen molar-refractivity contribution < 1.29 is 22.7 Å². The van der Waals surface area contributed by atoms with E-state index in [-0.39, 0.29) is 12.3 Å². The van der Waals surface area contributed by atoms with Crippen LogP contribution in [0, 0.1) is 6.92 Å². The molecule has 1 heterocycles. The van der Waals surface area contributed by atoms with Crippen molar-refractivity contribution in [3.05, 3.63) is 16.1 Å². The number of aromatic nitrogens is 1. The van der Waals surface area contributed by atoms with Crippen LogP contribution in [-0.2, 0) is 9.53 Å². The highest BCUT2D eigenvalue weighted by Crippen LogP contribution is 2.42. The third-order valence-corrected chi connectivity index (χ3v) is 3.39. The number of nitrogens with zero attached hydrogens (tertiary/aromatic N) is 1. The second kappa shape index (κ2) is 5.72. The molecule has 0 saturated carbocycles. The minimum atomic E-state index is -4.51. The van der Waals surface area contributed by atoms with Crippen molar-refractivity contribution in [2.75, 3.05) is 6.61 Å². The van der Waals surface area contributed by atoms with Crippen LogP contribution in [0.1, 0.15) is 22.9 Å². The van der Waals surface area contributed by atoms with Crippen LogP contribution >= 0.6 is 23.1 Å². The van der Waals surface area contributed by atoms with Crippen LogP contribution in [0.3, 0.4) is 0 Å². The molecule has 0 bridgehead atoms. The Morgan fingerprint density at radius 3 is 2.71 bits per heavy atom. The predicted octanol–water partition coefficient (Wildman–Crippen LogP) is 3.31. The quantitative estimate of drug-likeness (QED) is 0.796. The van der Waals surface area contributed by atoms with E-state index >= 15 is 0 Å². The van der Waals surface area contributed by atoms with Gasteiger partial charge in [-0.2, -0.15) is 13.2 Å². The zero-order chi connectivity index (χ0) is 13.1. The maximum absolute atomic E-state index is 12.3. The molecule has 1 atom stereocenters. The van der Waals surface area contributed by atoms with Gasteiger partial charge in [0, 0.05) is 5.38 Å². The fourth-order valence-corrected chi connectivity index (χ4v) is 2.48. The Morgan fingerprint density at radius 1 is 1.65 bits per heavy atom. The Hall–Kier alpha value is -0.760. The van der Waals surface area contributed by atoms with E-state index in [4.69, 9.17) is 0 Å². The van der Waals surface area contributed by atoms with Gasteiger partial charge < -0.3 is 4.74 Å². The van der Waals surface area contributed by atoms with Crippen LogP contribution in [0.5, 0.6) is 0 Å². The third-order valence-electron chi connectivity index (χ3n) is 1.66. The number of alkyl halides is 3. The maximum atomic E-state index is 12.3. The highest BCUT2D eigenvalue weighted by Gasteiger charge is 2.39. The van der Waals surface area contributed by atoms with E-state index in [1.54, 1.807) is 13.8 Å². The number of hydrogen-bond donors (Lipinski definition) is 0. The van der Waals surface area contributed by atoms with Gasteiger partial charge in [0.25, 0.3) is 0 Å². The zero-order valence-corrected chi connectivity index (χ0v) is 10.7. The SMILES string of the molecule is CCOC(=O)[C@H](SC(F)(F)F)c1csc(C)n1. The Balaban J connectivity index is 2.90. The average Bonchev–Trinajstić information content (AvgIpc) is 2.60. The third kappa shape index (κ3) is 4.55. The lowest BCUT2D eigenvalue weighted by Crippen LogP contribution is -2.17. The smallest absolute Gasteiger partial charge is 0.443 e. The molecule has 0 radical (unpaired) electrons. The fourth-order valence-electron chi connectivity index (χ4n) is 1.08. The topological polar surface area (TPSA) is 39.2 Å². The first-order valence-electron chi connectivity index (χ1n) is 4.66. The summed E-state index contributed by atoms with van der Waals surface area (Å²) in [6.07, 6.45) is 0. The van der Waals surface area contributed by atoms with Crippen LogP contribution in [0.25, 0.3) is 0 Å². The molecule has 0 spiro atoms. The van der Waals surface area contributed by atoms with Crippen molar-refractivity contribution in [3.63, 3.8) is 0 Å². The predicted molar refractivity (Wildman–Crippen MR) is 59.9 cm³/mol. The van der Waals surface area contributed by atoms with E-state index in [1.165, 1.54) is 16.7 Å². The monoisotopic (exact) mass is 285 g/mol. The second-order valence-electron chi connectivity index (χ2n) is 2.99. The maximum Gasteiger partial charge on any atom is 0.443 e. The molecule has 0 aliphatic rings. The molecule has 1 aromatic rings. The molecule has 0 saturated heterocycles. The van der Waals surface area contributed by atoms with Crippen LogP contribution in [0.15, 0.2) is 5.38 Å². The number of ether oxygens (including phenoxy) is 1. The summed E-state index contributed by atoms with van der Waals surface area (Å²) in [4.78, 5) is 15.3. The fraction of sp³-hybridized carbons (Fsp3) is 0.556. The van der Waals surface area contributed by atoms with Gasteiger partial charge in [0.1, 0.15) is 0 Å². The Morgan fingerprint density at radius 2 is 2.29 bits per heavy atom. The summed E-state index contributed by atoms with van der Waals surface area (Å²) in [5.74, 6) is -0.917. The van der Waals surface area contributed by atoms with E-state index in [1.807, 2.05) is 0 Å². The molecule has 17 heavy (non-hydrogen) atoms. The molecular weight excluding hydrogens is 275 g/mol. The highest BCUT2D eigenvalue weighted by atomic mass is 32.2. The molecule has 0 amide bonds. The van der Waals surface area contributed by atoms with E-state index < -0.39 is 28.5 Å². The number of carbonyl (C=O) groups excluding carboxylic acids is 1. The Labute approximate surface area is 104 Å². The molecule has 0 aromatic carbocycles. The number of aryl methyl sites for hydroxylation is 1. The molecule has 0 unspecified atom stereocenters. The van der Waals surface area contributed by atoms with Gasteiger partial charge in [0.15, 0.2) is 5.25 Å². The minimum absolute atomic E-state index is 0.0386. The Kier molecular flexibility index (Phi) is 4.81. The summed E-state index contributed by atoms with van der Waals surface area (Å²) in [5, 5.41) is 0.604. The number of thiazole rings is 1. The zero-order valence-electron chi connectivity index (χ0n) is 9.08. The second-order valence-corrected chi connectivity index (χ2v) is 5.22. The van der Waals surface area contributed by atoms with Crippen LogP contribution in [0.4, 0.5) is 13.2 Å². The number of thioether (sulfide) groups is 1. The van der Waals surface area contributed by atoms with Crippen molar-refractivity contribution in [1.29, 1.82) is 0 Å². The van der Waals surface area contributed by atoms with Crippen molar-refractivity contribution in [2.24, 2.45) is 0 Å². The summed E-state index contributed by atoms with van der Waals surface area (Å²) in [6, 6.07) is 0. The number of hydrogen-bond acceptors (Lipinski definition) is 5. The van der Waals surface area contributed by atoms with E-state index in [0.29, 0.717) is 5.01 Å². The average molecular weight is 285 g/mol. The van der Waals surface area contributed by atoms with Gasteiger partial charge >= 0.3 is 11.5 Å². The van der Waals surface area contributed by atoms with Crippen LogP contribution in [-0.4, -0.2) is 23.1 Å². The molecule has 0 fully saturated rings. The lowest BCUT2D eigenvalue weighted by Gasteiger charge is -2.14. The summed E-state index contributed by atoms with van der Waals surface area (Å²) in [7, 11) is 0. The first kappa shape index (κ1) is 14.3. The first-order chi connectivity index (χ1) is 7.83. The summed E-state index contributed by atoms with van der Waals surface area (Å²) in [5.41, 5.74) is -4.41. The molecule has 3 nitrogen and oxygen atoms in total. The molecule has 0 aliphatic heterocycles. The van der Waals surface area contributed by atoms with Crippen molar-refractivity contribution in [2.45, 2.75) is 24.6 Å². The highest BCUT2D eigenvalue weighted by molar-refractivity contribution is 8.01. The molecule has 0 aliphatic carbocycles. The first-order valence-corrected chi connectivity index (χ1v) is 6.42. The molecule has 96 valence electrons. The van der Waals surface area contributed by atoms with Gasteiger partial charge in [-0.05, 0) is 25.6 Å². The van der Waals surface area contributed by atoms with E-state index in [0.717, 1.165) is 0 Å². The van der Waals surface area contributed by atoms with Crippen LogP contribution in [0.2, 0.25) is 0 Å². The Bertz CT molecular complexity index is 392. The van der Waals surface area contributed by atoms with Gasteiger partial charge in [-0.3, -0.25) is 4.79 Å². The standard InChI is InChI=1S/C9H10F3NO2S2/c1-3-15-8(14)7(17-9(10,11)12)6-4-16-5(2)13-6/h4,7H,3H2,1-2H3/t7-/m1/s1. The van der Waals surface area contributed by atoms with E-state index in [2.05, 4.69) is 9.72 Å². The van der Waals surface area contributed by atoms with Gasteiger partial charge in [0.05, 0.1) is 17.3 Å². The molecule has 1 rings (SSSR count). The van der Waals surface area contributed by atoms with Crippen molar-refractivity contribution >= 4 is 29.1 Å². The van der Waals surface area contributed by atoms with Gasteiger partial charge in [-0.1, -0.05) is 0 Å². The van der Waals surface area contributed by atoms with Gasteiger partial charge in [-0.25, -0.2) is 4.98 Å². The van der Waals surface area contributed by atoms with Gasteiger partial charge in [0.2, 0.25) is 0 Å². The molecule has 8 heteroatoms. The van der Waals surface area contributed by atoms with Crippen molar-refractivity contribution in [1.82, 2.24) is 4.98 Å². The lowest BCUT2D eigenvalue weighted by molar-refractivity contribution is -0.143. The normalized spacial score (nSPS) is 13.5. The largest absolute Gasteiger partial charge is 0.465 e.